The Morgan fingerprint density at radius 2 is 2.15 bits per heavy atom. The summed E-state index contributed by atoms with van der Waals surface area (Å²) in [4.78, 5) is 2.43. The number of halogens is 1. The number of nitrogens with zero attached hydrogens (tertiary/aromatic N) is 3. The van der Waals surface area contributed by atoms with E-state index in [-0.39, 0.29) is 0 Å². The number of nitrogens with one attached hydrogen (secondary N) is 1. The molecule has 0 spiro atoms. The number of hydrogen-bond donors (Lipinski definition) is 1. The van der Waals surface area contributed by atoms with Crippen molar-refractivity contribution in [1.82, 2.24) is 20.0 Å². The van der Waals surface area contributed by atoms with Crippen LogP contribution in [0.2, 0.25) is 5.02 Å². The van der Waals surface area contributed by atoms with Gasteiger partial charge in [-0.2, -0.15) is 5.10 Å². The van der Waals surface area contributed by atoms with Gasteiger partial charge in [0, 0.05) is 25.2 Å². The molecule has 0 saturated carbocycles. The van der Waals surface area contributed by atoms with Crippen LogP contribution in [-0.2, 0) is 19.5 Å². The monoisotopic (exact) mass is 298 g/mol. The number of piperidine rings is 1. The Balaban J connectivity index is 1.98. The van der Waals surface area contributed by atoms with Crippen molar-refractivity contribution in [2.75, 3.05) is 13.6 Å². The van der Waals surface area contributed by atoms with Gasteiger partial charge in [0.2, 0.25) is 0 Å². The van der Waals surface area contributed by atoms with Crippen LogP contribution < -0.4 is 5.32 Å². The zero-order chi connectivity index (χ0) is 14.7. The smallest absolute Gasteiger partial charge is 0.0863 e. The van der Waals surface area contributed by atoms with Crippen LogP contribution in [0.4, 0.5) is 0 Å². The summed E-state index contributed by atoms with van der Waals surface area (Å²) in [7, 11) is 2.21. The van der Waals surface area contributed by atoms with Gasteiger partial charge in [-0.1, -0.05) is 18.5 Å². The van der Waals surface area contributed by atoms with Gasteiger partial charge in [-0.3, -0.25) is 4.68 Å². The van der Waals surface area contributed by atoms with Crippen LogP contribution in [0.3, 0.4) is 0 Å². The summed E-state index contributed by atoms with van der Waals surface area (Å²) in [5.74, 6) is 0. The molecule has 2 heterocycles. The largest absolute Gasteiger partial charge is 0.308 e. The second kappa shape index (κ2) is 6.92. The molecule has 0 aliphatic carbocycles. The van der Waals surface area contributed by atoms with Crippen molar-refractivity contribution in [2.24, 2.45) is 0 Å². The molecule has 0 radical (unpaired) electrons. The van der Waals surface area contributed by atoms with Crippen LogP contribution in [0.5, 0.6) is 0 Å². The van der Waals surface area contributed by atoms with Gasteiger partial charge in [-0.25, -0.2) is 0 Å². The minimum Gasteiger partial charge on any atom is -0.308 e. The fourth-order valence-electron chi connectivity index (χ4n) is 2.90. The molecule has 1 N–H and O–H groups in total. The van der Waals surface area contributed by atoms with Crippen molar-refractivity contribution >= 4 is 11.6 Å². The normalized spacial score (nSPS) is 24.2. The maximum atomic E-state index is 6.45. The average Bonchev–Trinajstić information content (AvgIpc) is 2.76. The third-order valence-electron chi connectivity index (χ3n) is 4.46. The first kappa shape index (κ1) is 15.8. The zero-order valence-corrected chi connectivity index (χ0v) is 13.9. The highest BCUT2D eigenvalue weighted by Crippen LogP contribution is 2.22. The van der Waals surface area contributed by atoms with Gasteiger partial charge in [0.05, 0.1) is 16.4 Å². The molecule has 4 nitrogen and oxygen atoms in total. The quantitative estimate of drug-likeness (QED) is 0.907. The fourth-order valence-corrected chi connectivity index (χ4v) is 3.24. The standard InChI is InChI=1S/C15H27ClN4/c1-5-13-15(16)14(20(6-2)18-13)10-17-12-7-8-19(4)11(3)9-12/h11-12,17H,5-10H2,1-4H3. The minimum absolute atomic E-state index is 0.586. The van der Waals surface area contributed by atoms with Crippen molar-refractivity contribution in [3.05, 3.63) is 16.4 Å². The molecule has 1 aliphatic heterocycles. The lowest BCUT2D eigenvalue weighted by molar-refractivity contribution is 0.167. The number of likely N-dealkylation sites (tertiary alicyclic amines) is 1. The van der Waals surface area contributed by atoms with E-state index >= 15 is 0 Å². The summed E-state index contributed by atoms with van der Waals surface area (Å²) in [5, 5.41) is 9.09. The van der Waals surface area contributed by atoms with Crippen molar-refractivity contribution in [3.63, 3.8) is 0 Å². The van der Waals surface area contributed by atoms with E-state index in [1.54, 1.807) is 0 Å². The van der Waals surface area contributed by atoms with Crippen molar-refractivity contribution in [2.45, 2.75) is 65.2 Å². The first-order valence-corrected chi connectivity index (χ1v) is 8.12. The number of hydrogen-bond acceptors (Lipinski definition) is 3. The molecule has 1 aromatic heterocycles. The Morgan fingerprint density at radius 3 is 2.75 bits per heavy atom. The van der Waals surface area contributed by atoms with Crippen molar-refractivity contribution in [1.29, 1.82) is 0 Å². The Kier molecular flexibility index (Phi) is 5.47. The summed E-state index contributed by atoms with van der Waals surface area (Å²) in [6.07, 6.45) is 3.30. The highest BCUT2D eigenvalue weighted by atomic mass is 35.5. The molecule has 1 saturated heterocycles. The molecule has 0 bridgehead atoms. The third-order valence-corrected chi connectivity index (χ3v) is 4.90. The SMILES string of the molecule is CCc1nn(CC)c(CNC2CCN(C)C(C)C2)c1Cl. The Hall–Kier alpha value is -0.580. The minimum atomic E-state index is 0.586. The first-order valence-electron chi connectivity index (χ1n) is 7.74. The molecule has 1 aliphatic rings. The van der Waals surface area contributed by atoms with Crippen molar-refractivity contribution < 1.29 is 0 Å². The van der Waals surface area contributed by atoms with Gasteiger partial charge in [-0.05, 0) is 46.7 Å². The molecular formula is C15H27ClN4. The Labute approximate surface area is 127 Å². The molecule has 2 rings (SSSR count). The van der Waals surface area contributed by atoms with Crippen LogP contribution in [0, 0.1) is 0 Å². The summed E-state index contributed by atoms with van der Waals surface area (Å²) in [6, 6.07) is 1.24. The summed E-state index contributed by atoms with van der Waals surface area (Å²) in [6.45, 7) is 9.38. The molecule has 114 valence electrons. The van der Waals surface area contributed by atoms with E-state index in [2.05, 4.69) is 43.1 Å². The molecule has 2 atom stereocenters. The average molecular weight is 299 g/mol. The lowest BCUT2D eigenvalue weighted by atomic mass is 9.99. The highest BCUT2D eigenvalue weighted by Gasteiger charge is 2.23. The van der Waals surface area contributed by atoms with Gasteiger partial charge in [-0.15, -0.1) is 0 Å². The zero-order valence-electron chi connectivity index (χ0n) is 13.1. The van der Waals surface area contributed by atoms with E-state index in [1.807, 2.05) is 4.68 Å². The molecule has 1 aromatic rings. The van der Waals surface area contributed by atoms with Crippen molar-refractivity contribution in [3.8, 4) is 0 Å². The van der Waals surface area contributed by atoms with Crippen LogP contribution in [0.15, 0.2) is 0 Å². The molecular weight excluding hydrogens is 272 g/mol. The Morgan fingerprint density at radius 1 is 1.40 bits per heavy atom. The topological polar surface area (TPSA) is 33.1 Å². The first-order chi connectivity index (χ1) is 9.56. The maximum absolute atomic E-state index is 6.45. The van der Waals surface area contributed by atoms with Gasteiger partial charge < -0.3 is 10.2 Å². The second-order valence-electron chi connectivity index (χ2n) is 5.81. The molecule has 1 fully saturated rings. The predicted molar refractivity (Wildman–Crippen MR) is 84.2 cm³/mol. The summed E-state index contributed by atoms with van der Waals surface area (Å²) in [5.41, 5.74) is 2.15. The summed E-state index contributed by atoms with van der Waals surface area (Å²) < 4.78 is 2.03. The van der Waals surface area contributed by atoms with Crippen LogP contribution in [0.1, 0.15) is 45.0 Å². The van der Waals surface area contributed by atoms with E-state index < -0.39 is 0 Å². The van der Waals surface area contributed by atoms with E-state index in [1.165, 1.54) is 19.4 Å². The fraction of sp³-hybridized carbons (Fsp3) is 0.800. The van der Waals surface area contributed by atoms with Crippen LogP contribution >= 0.6 is 11.6 Å². The molecule has 5 heteroatoms. The number of aromatic nitrogens is 2. The third kappa shape index (κ3) is 3.35. The van der Waals surface area contributed by atoms with Crippen LogP contribution in [0.25, 0.3) is 0 Å². The van der Waals surface area contributed by atoms with E-state index in [0.717, 1.165) is 35.9 Å². The van der Waals surface area contributed by atoms with Gasteiger partial charge >= 0.3 is 0 Å². The predicted octanol–water partition coefficient (Wildman–Crippen LogP) is 2.69. The molecule has 20 heavy (non-hydrogen) atoms. The summed E-state index contributed by atoms with van der Waals surface area (Å²) >= 11 is 6.45. The lowest BCUT2D eigenvalue weighted by Crippen LogP contribution is -2.45. The van der Waals surface area contributed by atoms with Crippen LogP contribution in [-0.4, -0.2) is 40.4 Å². The Bertz CT molecular complexity index is 443. The maximum Gasteiger partial charge on any atom is 0.0863 e. The molecule has 0 amide bonds. The number of rotatable bonds is 5. The van der Waals surface area contributed by atoms with E-state index in [9.17, 15) is 0 Å². The molecule has 2 unspecified atom stereocenters. The van der Waals surface area contributed by atoms with Gasteiger partial charge in [0.15, 0.2) is 0 Å². The van der Waals surface area contributed by atoms with Gasteiger partial charge in [0.25, 0.3) is 0 Å². The second-order valence-corrected chi connectivity index (χ2v) is 6.19. The van der Waals surface area contributed by atoms with E-state index in [0.29, 0.717) is 12.1 Å². The van der Waals surface area contributed by atoms with Gasteiger partial charge in [0.1, 0.15) is 0 Å². The van der Waals surface area contributed by atoms with E-state index in [4.69, 9.17) is 11.6 Å². The number of aryl methyl sites for hydroxylation is 2. The highest BCUT2D eigenvalue weighted by molar-refractivity contribution is 6.31. The lowest BCUT2D eigenvalue weighted by Gasteiger charge is -2.35. The molecule has 0 aromatic carbocycles.